The minimum atomic E-state index is -0.983. The number of hydrogen-bond acceptors (Lipinski definition) is 4. The molecule has 0 radical (unpaired) electrons. The third kappa shape index (κ3) is 2.56. The van der Waals surface area contributed by atoms with Crippen LogP contribution in [0.15, 0.2) is 47.1 Å². The Morgan fingerprint density at radius 2 is 2.08 bits per heavy atom. The smallest absolute Gasteiger partial charge is 0.317 e. The van der Waals surface area contributed by atoms with Gasteiger partial charge in [0, 0.05) is 21.6 Å². The van der Waals surface area contributed by atoms with Gasteiger partial charge in [-0.15, -0.1) is 0 Å². The zero-order valence-electron chi connectivity index (χ0n) is 13.8. The first kappa shape index (κ1) is 17.2. The normalized spacial score (nSPS) is 19.0. The monoisotopic (exact) mass is 432 g/mol. The third-order valence-corrected chi connectivity index (χ3v) is 5.36. The van der Waals surface area contributed by atoms with Gasteiger partial charge in [0.25, 0.3) is 0 Å². The molecule has 0 aliphatic heterocycles. The van der Waals surface area contributed by atoms with Crippen LogP contribution in [-0.4, -0.2) is 27.7 Å². The third-order valence-electron chi connectivity index (χ3n) is 4.54. The zero-order valence-corrected chi connectivity index (χ0v) is 16.1. The first-order valence-electron chi connectivity index (χ1n) is 8.15. The Morgan fingerprint density at radius 3 is 2.81 bits per heavy atom. The van der Waals surface area contributed by atoms with Crippen molar-refractivity contribution in [1.29, 1.82) is 0 Å². The van der Waals surface area contributed by atoms with Gasteiger partial charge in [-0.1, -0.05) is 29.8 Å². The van der Waals surface area contributed by atoms with Crippen LogP contribution in [0.2, 0.25) is 5.02 Å². The fourth-order valence-corrected chi connectivity index (χ4v) is 4.09. The van der Waals surface area contributed by atoms with Crippen LogP contribution in [0, 0.1) is 5.92 Å². The van der Waals surface area contributed by atoms with Gasteiger partial charge >= 0.3 is 5.97 Å². The number of esters is 1. The van der Waals surface area contributed by atoms with E-state index in [1.807, 2.05) is 40.9 Å². The molecule has 0 bridgehead atoms. The summed E-state index contributed by atoms with van der Waals surface area (Å²) in [7, 11) is 0. The zero-order chi connectivity index (χ0) is 18.4. The Bertz CT molecular complexity index is 1050. The number of ketones is 1. The van der Waals surface area contributed by atoms with Crippen LogP contribution in [0.3, 0.4) is 0 Å². The van der Waals surface area contributed by atoms with E-state index in [-0.39, 0.29) is 12.4 Å². The van der Waals surface area contributed by atoms with E-state index in [0.717, 1.165) is 4.47 Å². The molecule has 132 valence electrons. The van der Waals surface area contributed by atoms with Gasteiger partial charge in [0.1, 0.15) is 17.3 Å². The number of aromatic nitrogens is 2. The van der Waals surface area contributed by atoms with Crippen LogP contribution in [0.1, 0.15) is 34.6 Å². The molecule has 2 heterocycles. The largest absolute Gasteiger partial charge is 0.465 e. The minimum absolute atomic E-state index is 0.203. The van der Waals surface area contributed by atoms with Crippen molar-refractivity contribution in [2.75, 3.05) is 6.61 Å². The molecule has 7 heteroatoms. The summed E-state index contributed by atoms with van der Waals surface area (Å²) in [5.41, 5.74) is 2.32. The average molecular weight is 434 g/mol. The minimum Gasteiger partial charge on any atom is -0.465 e. The van der Waals surface area contributed by atoms with Crippen molar-refractivity contribution in [3.63, 3.8) is 0 Å². The Morgan fingerprint density at radius 1 is 1.31 bits per heavy atom. The van der Waals surface area contributed by atoms with Crippen molar-refractivity contribution < 1.29 is 14.3 Å². The van der Waals surface area contributed by atoms with E-state index in [4.69, 9.17) is 16.3 Å². The lowest BCUT2D eigenvalue weighted by molar-refractivity contribution is -0.146. The highest BCUT2D eigenvalue weighted by Gasteiger charge is 2.49. The number of hydrogen-bond donors (Lipinski definition) is 0. The number of halogens is 2. The highest BCUT2D eigenvalue weighted by molar-refractivity contribution is 9.10. The highest BCUT2D eigenvalue weighted by Crippen LogP contribution is 2.45. The Kier molecular flexibility index (Phi) is 4.32. The summed E-state index contributed by atoms with van der Waals surface area (Å²) in [5, 5.41) is 0.498. The quantitative estimate of drug-likeness (QED) is 0.457. The molecule has 0 saturated heterocycles. The maximum atomic E-state index is 13.0. The number of Topliss-reactive ketones (excluding diaryl/α,β-unsaturated/α-hetero) is 1. The van der Waals surface area contributed by atoms with E-state index in [1.54, 1.807) is 13.0 Å². The summed E-state index contributed by atoms with van der Waals surface area (Å²) in [6, 6.07) is 10.9. The first-order valence-corrected chi connectivity index (χ1v) is 9.32. The van der Waals surface area contributed by atoms with Crippen LogP contribution < -0.4 is 0 Å². The van der Waals surface area contributed by atoms with E-state index in [2.05, 4.69) is 20.9 Å². The van der Waals surface area contributed by atoms with Crippen LogP contribution in [0.25, 0.3) is 5.65 Å². The SMILES string of the molecule is CCOC(=O)C1C(=O)c2nc3ccc(Br)cn3c2C1c1ccccc1Cl. The van der Waals surface area contributed by atoms with Crippen molar-refractivity contribution in [3.05, 3.63) is 69.0 Å². The van der Waals surface area contributed by atoms with Crippen LogP contribution in [0.5, 0.6) is 0 Å². The highest BCUT2D eigenvalue weighted by atomic mass is 79.9. The number of benzene rings is 1. The van der Waals surface area contributed by atoms with Crippen molar-refractivity contribution in [1.82, 2.24) is 9.38 Å². The summed E-state index contributed by atoms with van der Waals surface area (Å²) in [6.45, 7) is 1.92. The Balaban J connectivity index is 1.99. The Hall–Kier alpha value is -2.18. The molecule has 0 N–H and O–H groups in total. The Labute approximate surface area is 163 Å². The molecule has 2 aromatic heterocycles. The number of imidazole rings is 1. The first-order chi connectivity index (χ1) is 12.5. The predicted molar refractivity (Wildman–Crippen MR) is 101 cm³/mol. The molecule has 1 aromatic carbocycles. The fourth-order valence-electron chi connectivity index (χ4n) is 3.50. The topological polar surface area (TPSA) is 60.7 Å². The standard InChI is InChI=1S/C19H14BrClN2O3/c1-2-26-19(25)15-14(11-5-3-4-6-12(11)21)17-16(18(15)24)22-13-8-7-10(20)9-23(13)17/h3-9,14-15H,2H2,1H3. The van der Waals surface area contributed by atoms with Gasteiger partial charge in [0.2, 0.25) is 0 Å². The van der Waals surface area contributed by atoms with Crippen molar-refractivity contribution in [2.45, 2.75) is 12.8 Å². The summed E-state index contributed by atoms with van der Waals surface area (Å²) in [4.78, 5) is 30.1. The maximum Gasteiger partial charge on any atom is 0.317 e. The molecule has 0 fully saturated rings. The van der Waals surface area contributed by atoms with Gasteiger partial charge in [-0.25, -0.2) is 4.98 Å². The molecule has 4 rings (SSSR count). The molecule has 2 unspecified atom stereocenters. The number of fused-ring (bicyclic) bond motifs is 3. The summed E-state index contributed by atoms with van der Waals surface area (Å²) in [6.07, 6.45) is 1.84. The second kappa shape index (κ2) is 6.52. The molecule has 0 spiro atoms. The average Bonchev–Trinajstić information content (AvgIpc) is 3.11. The lowest BCUT2D eigenvalue weighted by Crippen LogP contribution is -2.28. The van der Waals surface area contributed by atoms with Gasteiger partial charge < -0.3 is 9.14 Å². The molecule has 0 saturated carbocycles. The number of ether oxygens (including phenoxy) is 1. The van der Waals surface area contributed by atoms with E-state index >= 15 is 0 Å². The van der Waals surface area contributed by atoms with Crippen LogP contribution in [0.4, 0.5) is 0 Å². The number of carbonyl (C=O) groups excluding carboxylic acids is 2. The summed E-state index contributed by atoms with van der Waals surface area (Å²) in [5.74, 6) is -2.41. The lowest BCUT2D eigenvalue weighted by atomic mass is 9.87. The predicted octanol–water partition coefficient (Wildman–Crippen LogP) is 4.26. The van der Waals surface area contributed by atoms with Gasteiger partial charge in [0.05, 0.1) is 12.3 Å². The molecule has 2 atom stereocenters. The van der Waals surface area contributed by atoms with Crippen LogP contribution >= 0.6 is 27.5 Å². The van der Waals surface area contributed by atoms with Crippen molar-refractivity contribution in [2.24, 2.45) is 5.92 Å². The van der Waals surface area contributed by atoms with Crippen LogP contribution in [-0.2, 0) is 9.53 Å². The molecular formula is C19H14BrClN2O3. The van der Waals surface area contributed by atoms with Gasteiger partial charge in [-0.05, 0) is 46.6 Å². The van der Waals surface area contributed by atoms with Gasteiger partial charge in [-0.2, -0.15) is 0 Å². The van der Waals surface area contributed by atoms with Gasteiger partial charge in [0.15, 0.2) is 5.78 Å². The molecule has 1 aliphatic rings. The molecule has 5 nitrogen and oxygen atoms in total. The summed E-state index contributed by atoms with van der Waals surface area (Å²) >= 11 is 9.86. The molecule has 26 heavy (non-hydrogen) atoms. The number of pyridine rings is 1. The summed E-state index contributed by atoms with van der Waals surface area (Å²) < 4.78 is 7.86. The van der Waals surface area contributed by atoms with E-state index < -0.39 is 17.8 Å². The molecular weight excluding hydrogens is 420 g/mol. The van der Waals surface area contributed by atoms with E-state index in [1.165, 1.54) is 0 Å². The number of nitrogens with zero attached hydrogens (tertiary/aromatic N) is 2. The van der Waals surface area contributed by atoms with E-state index in [9.17, 15) is 9.59 Å². The van der Waals surface area contributed by atoms with Crippen molar-refractivity contribution >= 4 is 44.9 Å². The van der Waals surface area contributed by atoms with Crippen molar-refractivity contribution in [3.8, 4) is 0 Å². The van der Waals surface area contributed by atoms with Gasteiger partial charge in [-0.3, -0.25) is 9.59 Å². The molecule has 3 aromatic rings. The molecule has 1 aliphatic carbocycles. The maximum absolute atomic E-state index is 13.0. The number of rotatable bonds is 3. The molecule has 0 amide bonds. The fraction of sp³-hybridized carbons (Fsp3) is 0.211. The second-order valence-electron chi connectivity index (χ2n) is 6.01. The van der Waals surface area contributed by atoms with E-state index in [0.29, 0.717) is 27.6 Å². The number of carbonyl (C=O) groups is 2. The lowest BCUT2D eigenvalue weighted by Gasteiger charge is -2.20. The second-order valence-corrected chi connectivity index (χ2v) is 7.34.